The minimum Gasteiger partial charge on any atom is -0.374 e. The van der Waals surface area contributed by atoms with E-state index >= 15 is 0 Å². The van der Waals surface area contributed by atoms with Gasteiger partial charge in [0, 0.05) is 24.3 Å². The number of nitrogens with one attached hydrogen (secondary N) is 1. The Morgan fingerprint density at radius 2 is 2.15 bits per heavy atom. The van der Waals surface area contributed by atoms with E-state index in [9.17, 15) is 13.9 Å². The Hall–Kier alpha value is -1.79. The van der Waals surface area contributed by atoms with E-state index in [4.69, 9.17) is 0 Å². The van der Waals surface area contributed by atoms with Gasteiger partial charge < -0.3 is 5.11 Å². The maximum atomic E-state index is 13.3. The lowest BCUT2D eigenvalue weighted by Crippen LogP contribution is -2.46. The van der Waals surface area contributed by atoms with Crippen molar-refractivity contribution in [3.05, 3.63) is 52.8 Å². The summed E-state index contributed by atoms with van der Waals surface area (Å²) in [5, 5.41) is 18.1. The van der Waals surface area contributed by atoms with E-state index in [0.717, 1.165) is 25.7 Å². The molecule has 140 valence electrons. The number of benzene rings is 1. The molecular weight excluding hydrogens is 336 g/mol. The first-order chi connectivity index (χ1) is 12.5. The van der Waals surface area contributed by atoms with Crippen LogP contribution < -0.4 is 5.32 Å². The van der Waals surface area contributed by atoms with Crippen molar-refractivity contribution in [2.24, 2.45) is 13.0 Å². The second kappa shape index (κ2) is 6.43. The number of aliphatic hydroxyl groups excluding tert-OH is 1. The number of fused-ring (bicyclic) bond motifs is 5. The van der Waals surface area contributed by atoms with Crippen molar-refractivity contribution in [1.82, 2.24) is 15.1 Å². The Bertz CT molecular complexity index is 806. The maximum absolute atomic E-state index is 13.3. The highest BCUT2D eigenvalue weighted by molar-refractivity contribution is 5.47. The highest BCUT2D eigenvalue weighted by Crippen LogP contribution is 2.61. The molecule has 26 heavy (non-hydrogen) atoms. The summed E-state index contributed by atoms with van der Waals surface area (Å²) in [4.78, 5) is 0. The molecule has 2 N–H and O–H groups in total. The van der Waals surface area contributed by atoms with Gasteiger partial charge in [0.15, 0.2) is 0 Å². The molecule has 0 saturated heterocycles. The fraction of sp³-hybridized carbons (Fsp3) is 0.550. The lowest BCUT2D eigenvalue weighted by Gasteiger charge is -2.37. The van der Waals surface area contributed by atoms with Gasteiger partial charge in [-0.3, -0.25) is 10.00 Å². The first kappa shape index (κ1) is 17.6. The summed E-state index contributed by atoms with van der Waals surface area (Å²) in [5.74, 6) is 0.862. The van der Waals surface area contributed by atoms with Crippen LogP contribution in [0.4, 0.5) is 8.78 Å². The van der Waals surface area contributed by atoms with Gasteiger partial charge in [-0.05, 0) is 42.2 Å². The van der Waals surface area contributed by atoms with Gasteiger partial charge in [0.1, 0.15) is 11.9 Å². The van der Waals surface area contributed by atoms with Gasteiger partial charge in [0.2, 0.25) is 0 Å². The first-order valence-corrected chi connectivity index (χ1v) is 9.34. The highest BCUT2D eigenvalue weighted by Gasteiger charge is 2.56. The SMILES string of the molecule is CCCC1C2CCC1(NC(O)c1cn(C)nc1C(F)F)c1ccccc12. The Morgan fingerprint density at radius 1 is 1.38 bits per heavy atom. The van der Waals surface area contributed by atoms with E-state index in [2.05, 4.69) is 35.5 Å². The summed E-state index contributed by atoms with van der Waals surface area (Å²) < 4.78 is 28.0. The molecule has 2 aliphatic rings. The molecule has 0 spiro atoms. The number of aromatic nitrogens is 2. The molecule has 6 heteroatoms. The van der Waals surface area contributed by atoms with Crippen molar-refractivity contribution in [3.8, 4) is 0 Å². The Morgan fingerprint density at radius 3 is 2.88 bits per heavy atom. The third kappa shape index (κ3) is 2.50. The van der Waals surface area contributed by atoms with E-state index in [1.807, 2.05) is 6.07 Å². The fourth-order valence-corrected chi connectivity index (χ4v) is 5.29. The van der Waals surface area contributed by atoms with Crippen molar-refractivity contribution in [1.29, 1.82) is 0 Å². The number of hydrogen-bond donors (Lipinski definition) is 2. The van der Waals surface area contributed by atoms with E-state index in [1.54, 1.807) is 7.05 Å². The van der Waals surface area contributed by atoms with E-state index in [-0.39, 0.29) is 16.8 Å². The molecule has 4 nitrogen and oxygen atoms in total. The van der Waals surface area contributed by atoms with Crippen LogP contribution in [0.25, 0.3) is 0 Å². The van der Waals surface area contributed by atoms with Crippen molar-refractivity contribution in [2.75, 3.05) is 0 Å². The summed E-state index contributed by atoms with van der Waals surface area (Å²) in [6, 6.07) is 8.37. The molecule has 1 heterocycles. The monoisotopic (exact) mass is 361 g/mol. The van der Waals surface area contributed by atoms with Crippen LogP contribution in [0.2, 0.25) is 0 Å². The number of halogens is 2. The molecule has 0 amide bonds. The minimum atomic E-state index is -2.71. The van der Waals surface area contributed by atoms with Gasteiger partial charge in [-0.1, -0.05) is 37.6 Å². The van der Waals surface area contributed by atoms with Gasteiger partial charge in [0.25, 0.3) is 6.43 Å². The van der Waals surface area contributed by atoms with Crippen molar-refractivity contribution >= 4 is 0 Å². The third-order valence-corrected chi connectivity index (χ3v) is 6.19. The second-order valence-corrected chi connectivity index (χ2v) is 7.59. The van der Waals surface area contributed by atoms with E-state index in [1.165, 1.54) is 22.0 Å². The maximum Gasteiger partial charge on any atom is 0.282 e. The zero-order valence-corrected chi connectivity index (χ0v) is 15.1. The van der Waals surface area contributed by atoms with Gasteiger partial charge in [-0.25, -0.2) is 8.78 Å². The number of aliphatic hydroxyl groups is 1. The molecular formula is C20H25F2N3O. The van der Waals surface area contributed by atoms with Crippen LogP contribution in [-0.4, -0.2) is 14.9 Å². The molecule has 4 unspecified atom stereocenters. The summed E-state index contributed by atoms with van der Waals surface area (Å²) >= 11 is 0. The zero-order chi connectivity index (χ0) is 18.5. The normalized spacial score (nSPS) is 27.9. The summed E-state index contributed by atoms with van der Waals surface area (Å²) in [5.41, 5.74) is 2.02. The molecule has 1 fully saturated rings. The molecule has 4 rings (SSSR count). The number of alkyl halides is 2. The number of hydrogen-bond acceptors (Lipinski definition) is 3. The number of nitrogens with zero attached hydrogens (tertiary/aromatic N) is 2. The highest BCUT2D eigenvalue weighted by atomic mass is 19.3. The largest absolute Gasteiger partial charge is 0.374 e. The predicted molar refractivity (Wildman–Crippen MR) is 94.8 cm³/mol. The number of aryl methyl sites for hydroxylation is 1. The van der Waals surface area contributed by atoms with E-state index < -0.39 is 12.7 Å². The molecule has 2 bridgehead atoms. The number of rotatable bonds is 6. The Balaban J connectivity index is 1.72. The van der Waals surface area contributed by atoms with Gasteiger partial charge in [-0.2, -0.15) is 5.10 Å². The van der Waals surface area contributed by atoms with Crippen LogP contribution >= 0.6 is 0 Å². The second-order valence-electron chi connectivity index (χ2n) is 7.59. The molecule has 0 radical (unpaired) electrons. The summed E-state index contributed by atoms with van der Waals surface area (Å²) in [7, 11) is 1.59. The molecule has 0 aliphatic heterocycles. The summed E-state index contributed by atoms with van der Waals surface area (Å²) in [6.07, 6.45) is 1.70. The Kier molecular flexibility index (Phi) is 4.35. The average Bonchev–Trinajstić information content (AvgIpc) is 3.24. The average molecular weight is 361 g/mol. The van der Waals surface area contributed by atoms with Crippen LogP contribution in [0.15, 0.2) is 30.5 Å². The Labute approximate surface area is 152 Å². The molecule has 1 aromatic carbocycles. The van der Waals surface area contributed by atoms with Crippen molar-refractivity contribution < 1.29 is 13.9 Å². The third-order valence-electron chi connectivity index (χ3n) is 6.19. The predicted octanol–water partition coefficient (Wildman–Crippen LogP) is 4.14. The van der Waals surface area contributed by atoms with Crippen molar-refractivity contribution in [2.45, 2.75) is 56.7 Å². The molecule has 2 aliphatic carbocycles. The molecule has 4 atom stereocenters. The first-order valence-electron chi connectivity index (χ1n) is 9.34. The van der Waals surface area contributed by atoms with Crippen LogP contribution in [0, 0.1) is 5.92 Å². The quantitative estimate of drug-likeness (QED) is 0.760. The topological polar surface area (TPSA) is 50.1 Å². The van der Waals surface area contributed by atoms with E-state index in [0.29, 0.717) is 11.8 Å². The van der Waals surface area contributed by atoms with Crippen LogP contribution in [0.5, 0.6) is 0 Å². The van der Waals surface area contributed by atoms with Crippen molar-refractivity contribution in [3.63, 3.8) is 0 Å². The fourth-order valence-electron chi connectivity index (χ4n) is 5.29. The lowest BCUT2D eigenvalue weighted by atomic mass is 9.82. The van der Waals surface area contributed by atoms with Gasteiger partial charge in [-0.15, -0.1) is 0 Å². The van der Waals surface area contributed by atoms with Gasteiger partial charge in [0.05, 0.1) is 0 Å². The van der Waals surface area contributed by atoms with Crippen LogP contribution in [-0.2, 0) is 12.6 Å². The van der Waals surface area contributed by atoms with Crippen LogP contribution in [0.1, 0.15) is 73.6 Å². The minimum absolute atomic E-state index is 0.167. The smallest absolute Gasteiger partial charge is 0.282 e. The van der Waals surface area contributed by atoms with Crippen LogP contribution in [0.3, 0.4) is 0 Å². The standard InChI is InChI=1S/C20H25F2N3O/c1-3-6-15-13-9-10-20(15,16-8-5-4-7-12(13)16)23-19(26)14-11-25(2)24-17(14)18(21)22/h4-5,7-8,11,13,15,18-19,23,26H,3,6,9-10H2,1-2H3. The molecule has 2 aromatic rings. The molecule has 1 saturated carbocycles. The molecule has 1 aromatic heterocycles. The van der Waals surface area contributed by atoms with Gasteiger partial charge >= 0.3 is 0 Å². The zero-order valence-electron chi connectivity index (χ0n) is 15.1. The lowest BCUT2D eigenvalue weighted by molar-refractivity contribution is 0.0662. The summed E-state index contributed by atoms with van der Waals surface area (Å²) in [6.45, 7) is 2.17.